The van der Waals surface area contributed by atoms with Gasteiger partial charge in [-0.15, -0.1) is 0 Å². The Morgan fingerprint density at radius 1 is 1.29 bits per heavy atom. The van der Waals surface area contributed by atoms with E-state index in [2.05, 4.69) is 5.32 Å². The number of halogens is 2. The number of hydrogen-bond acceptors (Lipinski definition) is 3. The summed E-state index contributed by atoms with van der Waals surface area (Å²) in [4.78, 5) is 22.6. The molecule has 0 radical (unpaired) electrons. The Kier molecular flexibility index (Phi) is 5.37. The topological polar surface area (TPSA) is 75.6 Å². The van der Waals surface area contributed by atoms with Gasteiger partial charge in [-0.05, 0) is 6.92 Å². The minimum Gasteiger partial charge on any atom is -0.481 e. The van der Waals surface area contributed by atoms with Crippen molar-refractivity contribution in [2.75, 3.05) is 13.7 Å². The lowest BCUT2D eigenvalue weighted by Crippen LogP contribution is -2.54. The van der Waals surface area contributed by atoms with Gasteiger partial charge in [0.25, 0.3) is 5.91 Å². The first-order chi connectivity index (χ1) is 9.71. The lowest BCUT2D eigenvalue weighted by molar-refractivity contribution is -0.151. The molecule has 1 atom stereocenters. The molecule has 5 nitrogen and oxygen atoms in total. The highest BCUT2D eigenvalue weighted by molar-refractivity contribution is 5.86. The highest BCUT2D eigenvalue weighted by Gasteiger charge is 2.44. The van der Waals surface area contributed by atoms with E-state index in [9.17, 15) is 18.4 Å². The second-order valence-electron chi connectivity index (χ2n) is 4.96. The number of amides is 1. The molecule has 0 aliphatic rings. The maximum atomic E-state index is 14.1. The largest absolute Gasteiger partial charge is 0.481 e. The van der Waals surface area contributed by atoms with Gasteiger partial charge in [-0.3, -0.25) is 9.59 Å². The van der Waals surface area contributed by atoms with Crippen molar-refractivity contribution in [2.24, 2.45) is 0 Å². The van der Waals surface area contributed by atoms with Crippen molar-refractivity contribution in [3.8, 4) is 0 Å². The van der Waals surface area contributed by atoms with Crippen LogP contribution in [0, 0.1) is 0 Å². The van der Waals surface area contributed by atoms with Crippen LogP contribution < -0.4 is 5.32 Å². The third-order valence-corrected chi connectivity index (χ3v) is 2.84. The molecule has 0 aromatic heterocycles. The summed E-state index contributed by atoms with van der Waals surface area (Å²) >= 11 is 0. The zero-order valence-electron chi connectivity index (χ0n) is 11.7. The van der Waals surface area contributed by atoms with Gasteiger partial charge >= 0.3 is 11.9 Å². The van der Waals surface area contributed by atoms with Gasteiger partial charge in [0, 0.05) is 12.7 Å². The van der Waals surface area contributed by atoms with Crippen molar-refractivity contribution >= 4 is 11.9 Å². The molecule has 7 heteroatoms. The molecule has 1 rings (SSSR count). The monoisotopic (exact) mass is 301 g/mol. The van der Waals surface area contributed by atoms with Gasteiger partial charge < -0.3 is 15.2 Å². The van der Waals surface area contributed by atoms with Crippen molar-refractivity contribution < 1.29 is 28.2 Å². The van der Waals surface area contributed by atoms with E-state index in [1.165, 1.54) is 26.2 Å². The van der Waals surface area contributed by atoms with Gasteiger partial charge in [-0.25, -0.2) is 0 Å². The highest BCUT2D eigenvalue weighted by Crippen LogP contribution is 2.29. The highest BCUT2D eigenvalue weighted by atomic mass is 19.3. The first-order valence-corrected chi connectivity index (χ1v) is 6.18. The van der Waals surface area contributed by atoms with Crippen molar-refractivity contribution in [1.29, 1.82) is 0 Å². The van der Waals surface area contributed by atoms with E-state index in [-0.39, 0.29) is 6.61 Å². The predicted octanol–water partition coefficient (Wildman–Crippen LogP) is 1.77. The van der Waals surface area contributed by atoms with Crippen molar-refractivity contribution in [3.05, 3.63) is 35.9 Å². The minimum atomic E-state index is -3.76. The first-order valence-electron chi connectivity index (χ1n) is 6.18. The SMILES string of the molecule is COCC(C)(CC(=O)O)NC(=O)C(F)(F)c1ccccc1. The van der Waals surface area contributed by atoms with Crippen LogP contribution >= 0.6 is 0 Å². The van der Waals surface area contributed by atoms with Gasteiger partial charge in [0.05, 0.1) is 18.6 Å². The maximum absolute atomic E-state index is 14.1. The summed E-state index contributed by atoms with van der Waals surface area (Å²) in [6, 6.07) is 6.59. The molecule has 0 saturated heterocycles. The Bertz CT molecular complexity index is 507. The number of methoxy groups -OCH3 is 1. The molecule has 0 heterocycles. The molecule has 0 fully saturated rings. The zero-order chi connectivity index (χ0) is 16.1. The first kappa shape index (κ1) is 17.0. The fourth-order valence-electron chi connectivity index (χ4n) is 1.91. The third kappa shape index (κ3) is 4.49. The Balaban J connectivity index is 2.93. The average Bonchev–Trinajstić information content (AvgIpc) is 2.38. The standard InChI is InChI=1S/C14H17F2NO4/c1-13(9-21-2,8-11(18)19)17-12(20)14(15,16)10-6-4-3-5-7-10/h3-7H,8-9H2,1-2H3,(H,17,20)(H,18,19). The average molecular weight is 301 g/mol. The summed E-state index contributed by atoms with van der Waals surface area (Å²) < 4.78 is 32.9. The number of ether oxygens (including phenoxy) is 1. The van der Waals surface area contributed by atoms with E-state index >= 15 is 0 Å². The van der Waals surface area contributed by atoms with Crippen LogP contribution in [-0.4, -0.2) is 36.2 Å². The molecule has 116 valence electrons. The van der Waals surface area contributed by atoms with Crippen LogP contribution in [0.2, 0.25) is 0 Å². The van der Waals surface area contributed by atoms with E-state index < -0.39 is 35.3 Å². The molecule has 1 aromatic carbocycles. The number of carboxylic acids is 1. The molecular weight excluding hydrogens is 284 g/mol. The Morgan fingerprint density at radius 3 is 2.33 bits per heavy atom. The molecule has 2 N–H and O–H groups in total. The van der Waals surface area contributed by atoms with Crippen LogP contribution in [0.3, 0.4) is 0 Å². The minimum absolute atomic E-state index is 0.199. The normalized spacial score (nSPS) is 14.3. The van der Waals surface area contributed by atoms with Crippen molar-refractivity contribution in [3.63, 3.8) is 0 Å². The molecular formula is C14H17F2NO4. The number of carbonyl (C=O) groups excluding carboxylic acids is 1. The number of benzene rings is 1. The lowest BCUT2D eigenvalue weighted by Gasteiger charge is -2.30. The number of carboxylic acid groups (broad SMARTS) is 1. The second kappa shape index (κ2) is 6.62. The van der Waals surface area contributed by atoms with Crippen LogP contribution in [0.25, 0.3) is 0 Å². The third-order valence-electron chi connectivity index (χ3n) is 2.84. The van der Waals surface area contributed by atoms with E-state index in [0.717, 1.165) is 12.1 Å². The summed E-state index contributed by atoms with van der Waals surface area (Å²) in [5.74, 6) is -6.54. The fraction of sp³-hybridized carbons (Fsp3) is 0.429. The van der Waals surface area contributed by atoms with Crippen LogP contribution in [0.4, 0.5) is 8.78 Å². The maximum Gasteiger partial charge on any atom is 0.349 e. The van der Waals surface area contributed by atoms with Crippen LogP contribution in [-0.2, 0) is 20.2 Å². The molecule has 0 saturated carbocycles. The molecule has 0 aliphatic heterocycles. The van der Waals surface area contributed by atoms with Gasteiger partial charge in [-0.2, -0.15) is 8.78 Å². The van der Waals surface area contributed by atoms with Crippen molar-refractivity contribution in [2.45, 2.75) is 24.8 Å². The predicted molar refractivity (Wildman–Crippen MR) is 71.0 cm³/mol. The quantitative estimate of drug-likeness (QED) is 0.805. The van der Waals surface area contributed by atoms with E-state index in [1.807, 2.05) is 0 Å². The Morgan fingerprint density at radius 2 is 1.86 bits per heavy atom. The van der Waals surface area contributed by atoms with E-state index in [0.29, 0.717) is 0 Å². The summed E-state index contributed by atoms with van der Waals surface area (Å²) in [6.07, 6.45) is -0.530. The number of carbonyl (C=O) groups is 2. The molecule has 1 unspecified atom stereocenters. The van der Waals surface area contributed by atoms with Crippen LogP contribution in [0.15, 0.2) is 30.3 Å². The van der Waals surface area contributed by atoms with Gasteiger partial charge in [-0.1, -0.05) is 30.3 Å². The van der Waals surface area contributed by atoms with Gasteiger partial charge in [0.1, 0.15) is 0 Å². The van der Waals surface area contributed by atoms with E-state index in [4.69, 9.17) is 9.84 Å². The van der Waals surface area contributed by atoms with Crippen LogP contribution in [0.5, 0.6) is 0 Å². The molecule has 21 heavy (non-hydrogen) atoms. The smallest absolute Gasteiger partial charge is 0.349 e. The fourth-order valence-corrected chi connectivity index (χ4v) is 1.91. The Hall–Kier alpha value is -2.02. The summed E-state index contributed by atoms with van der Waals surface area (Å²) in [6.45, 7) is 1.14. The molecule has 0 bridgehead atoms. The lowest BCUT2D eigenvalue weighted by atomic mass is 9.97. The Labute approximate surface area is 120 Å². The number of aliphatic carboxylic acids is 1. The van der Waals surface area contributed by atoms with Gasteiger partial charge in [0.15, 0.2) is 0 Å². The van der Waals surface area contributed by atoms with Crippen molar-refractivity contribution in [1.82, 2.24) is 5.32 Å². The number of alkyl halides is 2. The second-order valence-corrected chi connectivity index (χ2v) is 4.96. The molecule has 0 aliphatic carbocycles. The summed E-state index contributed by atoms with van der Waals surface area (Å²) in [5.41, 5.74) is -1.88. The summed E-state index contributed by atoms with van der Waals surface area (Å²) in [5, 5.41) is 10.9. The van der Waals surface area contributed by atoms with E-state index in [1.54, 1.807) is 6.07 Å². The summed E-state index contributed by atoms with van der Waals surface area (Å²) in [7, 11) is 1.29. The molecule has 1 aromatic rings. The number of rotatable bonds is 7. The number of hydrogen-bond donors (Lipinski definition) is 2. The molecule has 0 spiro atoms. The number of nitrogens with one attached hydrogen (secondary N) is 1. The van der Waals surface area contributed by atoms with Crippen LogP contribution in [0.1, 0.15) is 18.9 Å². The molecule has 1 amide bonds. The zero-order valence-corrected chi connectivity index (χ0v) is 11.7. The van der Waals surface area contributed by atoms with Gasteiger partial charge in [0.2, 0.25) is 0 Å².